The summed E-state index contributed by atoms with van der Waals surface area (Å²) in [5, 5.41) is 3.15. The van der Waals surface area contributed by atoms with Gasteiger partial charge in [-0.3, -0.25) is 0 Å². The van der Waals surface area contributed by atoms with Crippen LogP contribution in [-0.2, 0) is 9.57 Å². The Balaban J connectivity index is 3.10. The summed E-state index contributed by atoms with van der Waals surface area (Å²) in [7, 11) is 3.72. The van der Waals surface area contributed by atoms with Crippen molar-refractivity contribution in [2.24, 2.45) is 0 Å². The lowest BCUT2D eigenvalue weighted by Gasteiger charge is -2.09. The molecule has 2 N–H and O–H groups in total. The van der Waals surface area contributed by atoms with Gasteiger partial charge in [-0.05, 0) is 39.3 Å². The molecule has 4 nitrogen and oxygen atoms in total. The summed E-state index contributed by atoms with van der Waals surface area (Å²) in [6, 6.07) is 0. The van der Waals surface area contributed by atoms with Crippen molar-refractivity contribution in [2.75, 3.05) is 33.9 Å². The van der Waals surface area contributed by atoms with Crippen molar-refractivity contribution in [1.82, 2.24) is 10.8 Å². The molecule has 0 radical (unpaired) electrons. The van der Waals surface area contributed by atoms with Crippen molar-refractivity contribution in [3.05, 3.63) is 12.3 Å². The van der Waals surface area contributed by atoms with Crippen molar-refractivity contribution in [2.45, 2.75) is 44.9 Å². The van der Waals surface area contributed by atoms with Crippen LogP contribution in [0, 0.1) is 0 Å². The van der Waals surface area contributed by atoms with E-state index in [0.29, 0.717) is 0 Å². The van der Waals surface area contributed by atoms with Crippen LogP contribution in [0.3, 0.4) is 0 Å². The third kappa shape index (κ3) is 13.5. The Morgan fingerprint density at radius 2 is 1.72 bits per heavy atom. The second-order valence-electron chi connectivity index (χ2n) is 4.50. The topological polar surface area (TPSA) is 42.5 Å². The summed E-state index contributed by atoms with van der Waals surface area (Å²) in [4.78, 5) is 5.35. The van der Waals surface area contributed by atoms with E-state index in [1.807, 2.05) is 7.05 Å². The van der Waals surface area contributed by atoms with Gasteiger partial charge in [0.25, 0.3) is 0 Å². The van der Waals surface area contributed by atoms with Gasteiger partial charge in [-0.25, -0.2) is 0 Å². The molecule has 0 aliphatic heterocycles. The average molecular weight is 258 g/mol. The van der Waals surface area contributed by atoms with Gasteiger partial charge in [-0.2, -0.15) is 5.48 Å². The highest BCUT2D eigenvalue weighted by Crippen LogP contribution is 2.05. The standard InChI is InChI=1S/C14H30N2O2/c1-14(10-6-9-13-17-3)18-16-12-8-5-4-7-11-15-2/h15-16H,1,4-13H2,2-3H3. The van der Waals surface area contributed by atoms with Crippen LogP contribution in [0.5, 0.6) is 0 Å². The van der Waals surface area contributed by atoms with Crippen LogP contribution in [0.1, 0.15) is 44.9 Å². The molecule has 0 aromatic heterocycles. The largest absolute Gasteiger partial charge is 0.414 e. The van der Waals surface area contributed by atoms with E-state index in [9.17, 15) is 0 Å². The molecule has 4 heteroatoms. The van der Waals surface area contributed by atoms with Crippen molar-refractivity contribution in [1.29, 1.82) is 0 Å². The van der Waals surface area contributed by atoms with E-state index in [1.54, 1.807) is 7.11 Å². The fourth-order valence-corrected chi connectivity index (χ4v) is 1.63. The highest BCUT2D eigenvalue weighted by Gasteiger charge is 1.96. The van der Waals surface area contributed by atoms with Crippen molar-refractivity contribution in [3.8, 4) is 0 Å². The maximum absolute atomic E-state index is 5.35. The zero-order valence-electron chi connectivity index (χ0n) is 12.1. The molecule has 0 aromatic rings. The Kier molecular flexibility index (Phi) is 14.0. The molecule has 0 aromatic carbocycles. The fraction of sp³-hybridized carbons (Fsp3) is 0.857. The molecule has 0 saturated heterocycles. The number of hydrogen-bond acceptors (Lipinski definition) is 4. The third-order valence-electron chi connectivity index (χ3n) is 2.73. The number of ether oxygens (including phenoxy) is 1. The minimum atomic E-state index is 0.813. The van der Waals surface area contributed by atoms with E-state index in [2.05, 4.69) is 17.4 Å². The Bertz CT molecular complexity index is 187. The zero-order valence-corrected chi connectivity index (χ0v) is 12.1. The van der Waals surface area contributed by atoms with E-state index < -0.39 is 0 Å². The van der Waals surface area contributed by atoms with Crippen LogP contribution in [0.2, 0.25) is 0 Å². The van der Waals surface area contributed by atoms with Gasteiger partial charge in [0.2, 0.25) is 0 Å². The normalized spacial score (nSPS) is 10.6. The number of hydroxylamine groups is 1. The van der Waals surface area contributed by atoms with Crippen LogP contribution < -0.4 is 10.8 Å². The van der Waals surface area contributed by atoms with Crippen LogP contribution in [0.25, 0.3) is 0 Å². The number of unbranched alkanes of at least 4 members (excludes halogenated alkanes) is 4. The van der Waals surface area contributed by atoms with Crippen molar-refractivity contribution < 1.29 is 9.57 Å². The maximum Gasteiger partial charge on any atom is 0.117 e. The van der Waals surface area contributed by atoms with E-state index in [0.717, 1.165) is 51.1 Å². The lowest BCUT2D eigenvalue weighted by atomic mass is 10.2. The van der Waals surface area contributed by atoms with E-state index in [1.165, 1.54) is 19.3 Å². The smallest absolute Gasteiger partial charge is 0.117 e. The first-order chi connectivity index (χ1) is 8.81. The Hall–Kier alpha value is -0.580. The number of allylic oxidation sites excluding steroid dienone is 1. The Morgan fingerprint density at radius 3 is 2.39 bits per heavy atom. The summed E-state index contributed by atoms with van der Waals surface area (Å²) in [6.07, 6.45) is 7.96. The quantitative estimate of drug-likeness (QED) is 0.285. The van der Waals surface area contributed by atoms with Gasteiger partial charge in [-0.15, -0.1) is 0 Å². The molecular formula is C14H30N2O2. The fourth-order valence-electron chi connectivity index (χ4n) is 1.63. The van der Waals surface area contributed by atoms with E-state index in [4.69, 9.17) is 9.57 Å². The SMILES string of the molecule is C=C(CCCCOC)ONCCCCCCNC. The number of rotatable bonds is 14. The average Bonchev–Trinajstić information content (AvgIpc) is 2.38. The Morgan fingerprint density at radius 1 is 1.00 bits per heavy atom. The zero-order chi connectivity index (χ0) is 13.5. The Labute approximate surface area is 112 Å². The maximum atomic E-state index is 5.35. The van der Waals surface area contributed by atoms with Crippen LogP contribution >= 0.6 is 0 Å². The number of hydrogen-bond donors (Lipinski definition) is 2. The summed E-state index contributed by atoms with van der Waals surface area (Å²) in [5.74, 6) is 0.821. The van der Waals surface area contributed by atoms with Gasteiger partial charge in [-0.1, -0.05) is 19.4 Å². The highest BCUT2D eigenvalue weighted by atomic mass is 16.6. The van der Waals surface area contributed by atoms with Crippen LogP contribution in [-0.4, -0.2) is 33.9 Å². The highest BCUT2D eigenvalue weighted by molar-refractivity contribution is 4.80. The minimum Gasteiger partial charge on any atom is -0.414 e. The molecule has 0 fully saturated rings. The van der Waals surface area contributed by atoms with E-state index >= 15 is 0 Å². The molecule has 0 saturated carbocycles. The molecule has 18 heavy (non-hydrogen) atoms. The molecule has 0 rings (SSSR count). The summed E-state index contributed by atoms with van der Waals surface area (Å²) in [6.45, 7) is 6.70. The lowest BCUT2D eigenvalue weighted by molar-refractivity contribution is 0.0961. The van der Waals surface area contributed by atoms with Gasteiger partial charge in [0.15, 0.2) is 0 Å². The monoisotopic (exact) mass is 258 g/mol. The molecule has 0 heterocycles. The van der Waals surface area contributed by atoms with Gasteiger partial charge >= 0.3 is 0 Å². The molecule has 0 atom stereocenters. The van der Waals surface area contributed by atoms with Crippen LogP contribution in [0.4, 0.5) is 0 Å². The van der Waals surface area contributed by atoms with Gasteiger partial charge in [0.05, 0.1) is 0 Å². The number of methoxy groups -OCH3 is 1. The second-order valence-corrected chi connectivity index (χ2v) is 4.50. The summed E-state index contributed by atoms with van der Waals surface area (Å²) < 4.78 is 4.99. The first-order valence-corrected chi connectivity index (χ1v) is 7.02. The second kappa shape index (κ2) is 14.5. The molecule has 0 amide bonds. The predicted octanol–water partition coefficient (Wildman–Crippen LogP) is 2.62. The molecule has 0 bridgehead atoms. The van der Waals surface area contributed by atoms with Crippen molar-refractivity contribution >= 4 is 0 Å². The van der Waals surface area contributed by atoms with Crippen LogP contribution in [0.15, 0.2) is 12.3 Å². The molecule has 0 spiro atoms. The predicted molar refractivity (Wildman–Crippen MR) is 76.3 cm³/mol. The lowest BCUT2D eigenvalue weighted by Crippen LogP contribution is -2.15. The molecular weight excluding hydrogens is 228 g/mol. The molecule has 108 valence electrons. The number of nitrogens with one attached hydrogen (secondary N) is 2. The van der Waals surface area contributed by atoms with Gasteiger partial charge < -0.3 is 14.9 Å². The summed E-state index contributed by atoms with van der Waals surface area (Å²) >= 11 is 0. The third-order valence-corrected chi connectivity index (χ3v) is 2.73. The van der Waals surface area contributed by atoms with Crippen molar-refractivity contribution in [3.63, 3.8) is 0 Å². The molecule has 0 unspecified atom stereocenters. The molecule has 0 aliphatic rings. The first-order valence-electron chi connectivity index (χ1n) is 7.02. The minimum absolute atomic E-state index is 0.813. The van der Waals surface area contributed by atoms with E-state index in [-0.39, 0.29) is 0 Å². The summed E-state index contributed by atoms with van der Waals surface area (Å²) in [5.41, 5.74) is 2.97. The first kappa shape index (κ1) is 17.4. The van der Waals surface area contributed by atoms with Gasteiger partial charge in [0, 0.05) is 26.7 Å². The van der Waals surface area contributed by atoms with Gasteiger partial charge in [0.1, 0.15) is 5.76 Å². The molecule has 0 aliphatic carbocycles.